The van der Waals surface area contributed by atoms with Crippen LogP contribution in [0.2, 0.25) is 17.5 Å². The Balaban J connectivity index is 1.90. The van der Waals surface area contributed by atoms with Gasteiger partial charge in [-0.05, 0) is 0 Å². The van der Waals surface area contributed by atoms with Crippen molar-refractivity contribution >= 4 is 6.15 Å². The van der Waals surface area contributed by atoms with Crippen LogP contribution in [0.3, 0.4) is 0 Å². The summed E-state index contributed by atoms with van der Waals surface area (Å²) in [4.78, 5) is 0. The summed E-state index contributed by atoms with van der Waals surface area (Å²) >= 11 is 0. The van der Waals surface area contributed by atoms with E-state index < -0.39 is 6.15 Å². The lowest BCUT2D eigenvalue weighted by molar-refractivity contribution is 0.690. The summed E-state index contributed by atoms with van der Waals surface area (Å²) < 4.78 is 0. The van der Waals surface area contributed by atoms with Gasteiger partial charge in [-0.1, -0.05) is 77.0 Å². The van der Waals surface area contributed by atoms with Crippen LogP contribution >= 0.6 is 0 Å². The summed E-state index contributed by atoms with van der Waals surface area (Å²) in [6.45, 7) is 0. The van der Waals surface area contributed by atoms with E-state index in [1.807, 2.05) is 0 Å². The minimum atomic E-state index is -0.479. The topological polar surface area (TPSA) is 0 Å². The minimum Gasteiger partial charge on any atom is -0.317 e. The summed E-state index contributed by atoms with van der Waals surface area (Å²) in [5.74, 6) is 6.30. The van der Waals surface area contributed by atoms with E-state index in [9.17, 15) is 0 Å². The first-order valence-corrected chi connectivity index (χ1v) is 8.53. The fourth-order valence-corrected chi connectivity index (χ4v) is 6.09. The summed E-state index contributed by atoms with van der Waals surface area (Å²) in [7, 11) is 0. The van der Waals surface area contributed by atoms with E-state index in [0.717, 1.165) is 17.5 Å². The maximum atomic E-state index is 6.23. The van der Waals surface area contributed by atoms with Gasteiger partial charge in [0.1, 0.15) is 0 Å². The second-order valence-corrected chi connectivity index (χ2v) is 7.38. The molecule has 18 heavy (non-hydrogen) atoms. The van der Waals surface area contributed by atoms with Gasteiger partial charge in [-0.3, -0.25) is 0 Å². The molecule has 3 rings (SSSR count). The Kier molecular flexibility index (Phi) is 3.74. The van der Waals surface area contributed by atoms with Gasteiger partial charge in [-0.25, -0.2) is 0 Å². The van der Waals surface area contributed by atoms with E-state index in [2.05, 4.69) is 5.82 Å². The summed E-state index contributed by atoms with van der Waals surface area (Å²) in [5, 5.41) is 0. The minimum absolute atomic E-state index is 0.479. The largest absolute Gasteiger partial charge is 0.317 e. The molecule has 0 atom stereocenters. The Morgan fingerprint density at radius 2 is 0.889 bits per heavy atom. The average molecular weight is 243 g/mol. The molecule has 0 aromatic carbocycles. The third-order valence-electron chi connectivity index (χ3n) is 6.83. The number of terminal acetylenes is 1. The Bertz CT molecular complexity index is 268. The number of hydrogen-bond acceptors (Lipinski definition) is 0. The smallest absolute Gasteiger partial charge is 0.0793 e. The highest BCUT2D eigenvalue weighted by atomic mass is 14.3. The molecule has 0 heterocycles. The molecule has 100 valence electrons. The molecule has 1 heteroatoms. The molecular formula is C17H28B-. The van der Waals surface area contributed by atoms with Gasteiger partial charge in [-0.15, -0.1) is 0 Å². The zero-order valence-electron chi connectivity index (χ0n) is 11.9. The Morgan fingerprint density at radius 1 is 0.611 bits per heavy atom. The van der Waals surface area contributed by atoms with Crippen molar-refractivity contribution in [2.45, 2.75) is 94.5 Å². The third-order valence-corrected chi connectivity index (χ3v) is 6.83. The molecular weight excluding hydrogens is 215 g/mol. The van der Waals surface area contributed by atoms with Crippen molar-refractivity contribution in [3.05, 3.63) is 0 Å². The van der Waals surface area contributed by atoms with Crippen molar-refractivity contribution in [1.82, 2.24) is 0 Å². The maximum absolute atomic E-state index is 6.23. The van der Waals surface area contributed by atoms with Crippen LogP contribution in [0.25, 0.3) is 0 Å². The Hall–Kier alpha value is -0.375. The first-order valence-electron chi connectivity index (χ1n) is 8.53. The molecule has 0 saturated heterocycles. The fourth-order valence-electron chi connectivity index (χ4n) is 6.09. The van der Waals surface area contributed by atoms with Crippen LogP contribution in [-0.4, -0.2) is 6.15 Å². The SMILES string of the molecule is C#C[B-](C1CCCC1)(C1CCCC1)C1CCCC1. The van der Waals surface area contributed by atoms with E-state index in [4.69, 9.17) is 6.42 Å². The lowest BCUT2D eigenvalue weighted by Crippen LogP contribution is -2.46. The molecule has 0 amide bonds. The molecule has 0 unspecified atom stereocenters. The molecule has 0 aliphatic heterocycles. The summed E-state index contributed by atoms with van der Waals surface area (Å²) in [5.41, 5.74) is 0. The summed E-state index contributed by atoms with van der Waals surface area (Å²) in [6, 6.07) is 0. The molecule has 0 radical (unpaired) electrons. The third kappa shape index (κ3) is 1.93. The molecule has 0 bridgehead atoms. The van der Waals surface area contributed by atoms with Crippen molar-refractivity contribution in [1.29, 1.82) is 0 Å². The van der Waals surface area contributed by atoms with E-state index in [0.29, 0.717) is 0 Å². The van der Waals surface area contributed by atoms with Gasteiger partial charge in [0, 0.05) is 0 Å². The molecule has 0 spiro atoms. The monoisotopic (exact) mass is 243 g/mol. The molecule has 0 N–H and O–H groups in total. The van der Waals surface area contributed by atoms with Crippen molar-refractivity contribution in [2.75, 3.05) is 0 Å². The summed E-state index contributed by atoms with van der Waals surface area (Å²) in [6.07, 6.45) is 23.2. The Labute approximate surface area is 113 Å². The van der Waals surface area contributed by atoms with Crippen LogP contribution in [0.5, 0.6) is 0 Å². The van der Waals surface area contributed by atoms with Gasteiger partial charge in [0.05, 0.1) is 6.15 Å². The van der Waals surface area contributed by atoms with Crippen LogP contribution in [0.1, 0.15) is 77.0 Å². The average Bonchev–Trinajstić information content (AvgIpc) is 3.16. The first kappa shape index (κ1) is 12.6. The molecule has 0 aromatic rings. The highest BCUT2D eigenvalue weighted by Crippen LogP contribution is 2.58. The predicted molar refractivity (Wildman–Crippen MR) is 81.2 cm³/mol. The van der Waals surface area contributed by atoms with Crippen LogP contribution in [0.4, 0.5) is 0 Å². The van der Waals surface area contributed by atoms with Gasteiger partial charge in [0.25, 0.3) is 0 Å². The molecule has 0 nitrogen and oxygen atoms in total. The van der Waals surface area contributed by atoms with Crippen molar-refractivity contribution < 1.29 is 0 Å². The van der Waals surface area contributed by atoms with E-state index in [1.165, 1.54) is 77.0 Å². The second-order valence-electron chi connectivity index (χ2n) is 7.38. The maximum Gasteiger partial charge on any atom is 0.0793 e. The van der Waals surface area contributed by atoms with Crippen LogP contribution < -0.4 is 0 Å². The van der Waals surface area contributed by atoms with Crippen LogP contribution in [-0.2, 0) is 0 Å². The number of hydrogen-bond donors (Lipinski definition) is 0. The van der Waals surface area contributed by atoms with Crippen LogP contribution in [0.15, 0.2) is 0 Å². The standard InChI is InChI=1S/C17H28B/c1-2-18(15-9-3-4-10-15,16-11-5-6-12-16)17-13-7-8-14-17/h1,15-17H,3-14H2/q-1. The molecule has 3 saturated carbocycles. The lowest BCUT2D eigenvalue weighted by Gasteiger charge is -2.51. The number of rotatable bonds is 3. The molecule has 0 aromatic heterocycles. The van der Waals surface area contributed by atoms with Gasteiger partial charge < -0.3 is 5.82 Å². The molecule has 3 fully saturated rings. The lowest BCUT2D eigenvalue weighted by atomic mass is 9.08. The quantitative estimate of drug-likeness (QED) is 0.457. The van der Waals surface area contributed by atoms with Gasteiger partial charge in [-0.2, -0.15) is 23.9 Å². The van der Waals surface area contributed by atoms with Crippen molar-refractivity contribution in [3.8, 4) is 12.2 Å². The van der Waals surface area contributed by atoms with Gasteiger partial charge >= 0.3 is 0 Å². The normalized spacial score (nSPS) is 27.9. The van der Waals surface area contributed by atoms with Gasteiger partial charge in [0.2, 0.25) is 0 Å². The zero-order valence-corrected chi connectivity index (χ0v) is 11.9. The highest BCUT2D eigenvalue weighted by molar-refractivity contribution is 6.91. The van der Waals surface area contributed by atoms with E-state index >= 15 is 0 Å². The van der Waals surface area contributed by atoms with Gasteiger partial charge in [0.15, 0.2) is 0 Å². The van der Waals surface area contributed by atoms with Crippen LogP contribution in [0, 0.1) is 12.2 Å². The predicted octanol–water partition coefficient (Wildman–Crippen LogP) is 5.44. The fraction of sp³-hybridized carbons (Fsp3) is 0.882. The highest BCUT2D eigenvalue weighted by Gasteiger charge is 2.45. The zero-order chi connectivity index (χ0) is 12.4. The second kappa shape index (κ2) is 5.32. The van der Waals surface area contributed by atoms with E-state index in [1.54, 1.807) is 0 Å². The molecule has 3 aliphatic carbocycles. The van der Waals surface area contributed by atoms with E-state index in [-0.39, 0.29) is 0 Å². The first-order chi connectivity index (χ1) is 8.88. The van der Waals surface area contributed by atoms with Crippen molar-refractivity contribution in [2.24, 2.45) is 0 Å². The molecule has 3 aliphatic rings. The Morgan fingerprint density at radius 3 is 1.11 bits per heavy atom. The van der Waals surface area contributed by atoms with Crippen molar-refractivity contribution in [3.63, 3.8) is 0 Å².